The molecule has 0 saturated heterocycles. The van der Waals surface area contributed by atoms with E-state index in [1.165, 1.54) is 19.3 Å². The van der Waals surface area contributed by atoms with Gasteiger partial charge in [0.05, 0.1) is 0 Å². The largest absolute Gasteiger partial charge is 0.335 e. The Morgan fingerprint density at radius 3 is 2.53 bits per heavy atom. The second kappa shape index (κ2) is 3.76. The molecule has 0 amide bonds. The standard InChI is InChI=1S/C11H19N3S/c1-9-7-14(10(15)12-9)8-11(13(2)3)5-4-6-11/h7H,4-6,8H2,1-3H3,(H,12,15). The summed E-state index contributed by atoms with van der Waals surface area (Å²) in [6.45, 7) is 3.07. The second-order valence-corrected chi connectivity index (χ2v) is 5.23. The van der Waals surface area contributed by atoms with Crippen molar-refractivity contribution >= 4 is 12.2 Å². The van der Waals surface area contributed by atoms with E-state index in [1.807, 2.05) is 0 Å². The van der Waals surface area contributed by atoms with Gasteiger partial charge in [0, 0.05) is 24.0 Å². The van der Waals surface area contributed by atoms with Crippen molar-refractivity contribution < 1.29 is 0 Å². The predicted octanol–water partition coefficient (Wildman–Crippen LogP) is 2.34. The number of hydrogen-bond donors (Lipinski definition) is 1. The van der Waals surface area contributed by atoms with Crippen LogP contribution >= 0.6 is 12.2 Å². The number of nitrogens with one attached hydrogen (secondary N) is 1. The van der Waals surface area contributed by atoms with E-state index in [9.17, 15) is 0 Å². The van der Waals surface area contributed by atoms with Crippen LogP contribution in [0, 0.1) is 11.7 Å². The Morgan fingerprint density at radius 1 is 1.53 bits per heavy atom. The zero-order chi connectivity index (χ0) is 11.1. The summed E-state index contributed by atoms with van der Waals surface area (Å²) in [4.78, 5) is 5.52. The van der Waals surface area contributed by atoms with Crippen LogP contribution in [0.2, 0.25) is 0 Å². The first-order valence-corrected chi connectivity index (χ1v) is 5.88. The van der Waals surface area contributed by atoms with Crippen LogP contribution in [0.3, 0.4) is 0 Å². The van der Waals surface area contributed by atoms with E-state index in [-0.39, 0.29) is 0 Å². The average Bonchev–Trinajstić information content (AvgIpc) is 2.37. The summed E-state index contributed by atoms with van der Waals surface area (Å²) in [5.41, 5.74) is 1.49. The van der Waals surface area contributed by atoms with E-state index >= 15 is 0 Å². The second-order valence-electron chi connectivity index (χ2n) is 4.84. The highest BCUT2D eigenvalue weighted by Crippen LogP contribution is 2.37. The topological polar surface area (TPSA) is 24.0 Å². The molecule has 1 N–H and O–H groups in total. The highest BCUT2D eigenvalue weighted by molar-refractivity contribution is 7.71. The molecule has 4 heteroatoms. The van der Waals surface area contributed by atoms with Crippen LogP contribution in [0.5, 0.6) is 0 Å². The summed E-state index contributed by atoms with van der Waals surface area (Å²) in [7, 11) is 4.34. The van der Waals surface area contributed by atoms with Crippen LogP contribution in [0.1, 0.15) is 25.0 Å². The first kappa shape index (κ1) is 10.9. The van der Waals surface area contributed by atoms with Crippen LogP contribution in [-0.2, 0) is 6.54 Å². The molecule has 0 spiro atoms. The van der Waals surface area contributed by atoms with Crippen molar-refractivity contribution in [1.29, 1.82) is 0 Å². The van der Waals surface area contributed by atoms with Gasteiger partial charge in [0.15, 0.2) is 4.77 Å². The van der Waals surface area contributed by atoms with E-state index in [4.69, 9.17) is 12.2 Å². The Morgan fingerprint density at radius 2 is 2.20 bits per heavy atom. The number of likely N-dealkylation sites (N-methyl/N-ethyl adjacent to an activating group) is 1. The number of aryl methyl sites for hydroxylation is 1. The summed E-state index contributed by atoms with van der Waals surface area (Å²) in [6, 6.07) is 0. The van der Waals surface area contributed by atoms with Crippen LogP contribution in [0.25, 0.3) is 0 Å². The van der Waals surface area contributed by atoms with Crippen molar-refractivity contribution in [1.82, 2.24) is 14.5 Å². The maximum absolute atomic E-state index is 5.29. The molecule has 1 fully saturated rings. The minimum Gasteiger partial charge on any atom is -0.335 e. The van der Waals surface area contributed by atoms with Crippen LogP contribution in [0.15, 0.2) is 6.20 Å². The fourth-order valence-electron chi connectivity index (χ4n) is 2.33. The Hall–Kier alpha value is -0.610. The van der Waals surface area contributed by atoms with Gasteiger partial charge in [-0.25, -0.2) is 0 Å². The number of aromatic amines is 1. The predicted molar refractivity (Wildman–Crippen MR) is 64.6 cm³/mol. The maximum Gasteiger partial charge on any atom is 0.177 e. The average molecular weight is 225 g/mol. The smallest absolute Gasteiger partial charge is 0.177 e. The molecule has 0 aromatic carbocycles. The van der Waals surface area contributed by atoms with E-state index < -0.39 is 0 Å². The molecule has 1 saturated carbocycles. The number of rotatable bonds is 3. The van der Waals surface area contributed by atoms with Crippen molar-refractivity contribution in [3.05, 3.63) is 16.7 Å². The number of aromatic nitrogens is 2. The first-order valence-electron chi connectivity index (χ1n) is 5.47. The highest BCUT2D eigenvalue weighted by atomic mass is 32.1. The van der Waals surface area contributed by atoms with Gasteiger partial charge < -0.3 is 14.5 Å². The minimum atomic E-state index is 0.340. The molecule has 3 nitrogen and oxygen atoms in total. The van der Waals surface area contributed by atoms with Gasteiger partial charge in [-0.3, -0.25) is 0 Å². The first-order chi connectivity index (χ1) is 7.03. The molecule has 1 aromatic rings. The molecule has 2 rings (SSSR count). The van der Waals surface area contributed by atoms with E-state index in [1.54, 1.807) is 0 Å². The molecular formula is C11H19N3S. The monoisotopic (exact) mass is 225 g/mol. The third kappa shape index (κ3) is 1.88. The number of nitrogens with zero attached hydrogens (tertiary/aromatic N) is 2. The summed E-state index contributed by atoms with van der Waals surface area (Å²) in [5, 5.41) is 0. The Labute approximate surface area is 96.1 Å². The third-order valence-electron chi connectivity index (χ3n) is 3.61. The van der Waals surface area contributed by atoms with Crippen molar-refractivity contribution in [3.8, 4) is 0 Å². The molecule has 15 heavy (non-hydrogen) atoms. The normalized spacial score (nSPS) is 19.2. The van der Waals surface area contributed by atoms with Gasteiger partial charge in [0.2, 0.25) is 0 Å². The lowest BCUT2D eigenvalue weighted by molar-refractivity contribution is 0.0420. The number of hydrogen-bond acceptors (Lipinski definition) is 2. The zero-order valence-corrected chi connectivity index (χ0v) is 10.5. The Kier molecular flexibility index (Phi) is 2.73. The summed E-state index contributed by atoms with van der Waals surface area (Å²) in [5.74, 6) is 0. The van der Waals surface area contributed by atoms with E-state index in [0.29, 0.717) is 5.54 Å². The molecule has 1 heterocycles. The summed E-state index contributed by atoms with van der Waals surface area (Å²) in [6.07, 6.45) is 6.03. The molecule has 1 aliphatic carbocycles. The van der Waals surface area contributed by atoms with Gasteiger partial charge in [0.25, 0.3) is 0 Å². The minimum absolute atomic E-state index is 0.340. The maximum atomic E-state index is 5.29. The van der Waals surface area contributed by atoms with Crippen molar-refractivity contribution in [2.75, 3.05) is 14.1 Å². The van der Waals surface area contributed by atoms with Crippen LogP contribution in [-0.4, -0.2) is 34.1 Å². The Bertz CT molecular complexity index is 398. The zero-order valence-electron chi connectivity index (χ0n) is 9.71. The lowest BCUT2D eigenvalue weighted by atomic mass is 9.75. The van der Waals surface area contributed by atoms with Gasteiger partial charge in [-0.05, 0) is 52.5 Å². The van der Waals surface area contributed by atoms with Crippen LogP contribution < -0.4 is 0 Å². The van der Waals surface area contributed by atoms with Crippen molar-refractivity contribution in [2.24, 2.45) is 0 Å². The molecule has 84 valence electrons. The molecule has 0 atom stereocenters. The molecular weight excluding hydrogens is 206 g/mol. The van der Waals surface area contributed by atoms with Crippen molar-refractivity contribution in [2.45, 2.75) is 38.3 Å². The fourth-order valence-corrected chi connectivity index (χ4v) is 2.61. The summed E-state index contributed by atoms with van der Waals surface area (Å²) < 4.78 is 3.02. The van der Waals surface area contributed by atoms with Crippen LogP contribution in [0.4, 0.5) is 0 Å². The van der Waals surface area contributed by atoms with Gasteiger partial charge in [-0.2, -0.15) is 0 Å². The molecule has 0 aliphatic heterocycles. The van der Waals surface area contributed by atoms with Gasteiger partial charge in [0.1, 0.15) is 0 Å². The quantitative estimate of drug-likeness (QED) is 0.798. The highest BCUT2D eigenvalue weighted by Gasteiger charge is 2.39. The van der Waals surface area contributed by atoms with Gasteiger partial charge in [-0.15, -0.1) is 0 Å². The lowest BCUT2D eigenvalue weighted by Gasteiger charge is -2.47. The molecule has 0 radical (unpaired) electrons. The van der Waals surface area contributed by atoms with Gasteiger partial charge in [-0.1, -0.05) is 0 Å². The number of imidazole rings is 1. The number of H-pyrrole nitrogens is 1. The summed E-state index contributed by atoms with van der Waals surface area (Å²) >= 11 is 5.29. The van der Waals surface area contributed by atoms with E-state index in [0.717, 1.165) is 17.0 Å². The fraction of sp³-hybridized carbons (Fsp3) is 0.727. The van der Waals surface area contributed by atoms with Gasteiger partial charge >= 0.3 is 0 Å². The SMILES string of the molecule is Cc1cn(CC2(N(C)C)CCC2)c(=S)[nH]1. The molecule has 1 aliphatic rings. The Balaban J connectivity index is 2.20. The third-order valence-corrected chi connectivity index (χ3v) is 3.95. The lowest BCUT2D eigenvalue weighted by Crippen LogP contribution is -2.52. The van der Waals surface area contributed by atoms with E-state index in [2.05, 4.69) is 41.7 Å². The van der Waals surface area contributed by atoms with Crippen molar-refractivity contribution in [3.63, 3.8) is 0 Å². The molecule has 0 bridgehead atoms. The molecule has 0 unspecified atom stereocenters. The molecule has 1 aromatic heterocycles.